The quantitative estimate of drug-likeness (QED) is 0.812. The summed E-state index contributed by atoms with van der Waals surface area (Å²) >= 11 is 0. The minimum Gasteiger partial charge on any atom is -0.393 e. The van der Waals surface area contributed by atoms with Crippen LogP contribution in [0.4, 0.5) is 0 Å². The molecule has 0 amide bonds. The first kappa shape index (κ1) is 12.0. The van der Waals surface area contributed by atoms with Gasteiger partial charge in [-0.2, -0.15) is 0 Å². The molecule has 98 valence electrons. The van der Waals surface area contributed by atoms with Crippen LogP contribution < -0.4 is 0 Å². The lowest BCUT2D eigenvalue weighted by Crippen LogP contribution is -2.17. The van der Waals surface area contributed by atoms with E-state index in [2.05, 4.69) is 0 Å². The number of hydrogen-bond donors (Lipinski definition) is 1. The predicted molar refractivity (Wildman–Crippen MR) is 66.3 cm³/mol. The molecule has 3 aliphatic rings. The molecule has 3 saturated carbocycles. The van der Waals surface area contributed by atoms with Crippen LogP contribution >= 0.6 is 0 Å². The van der Waals surface area contributed by atoms with E-state index in [9.17, 15) is 13.5 Å². The summed E-state index contributed by atoms with van der Waals surface area (Å²) in [6, 6.07) is 0. The Balaban J connectivity index is 1.48. The second-order valence-electron chi connectivity index (χ2n) is 6.40. The maximum Gasteiger partial charge on any atom is 0.147 e. The summed E-state index contributed by atoms with van der Waals surface area (Å²) in [5.41, 5.74) is 0. The lowest BCUT2D eigenvalue weighted by molar-refractivity contribution is 0.119. The molecule has 0 radical (unpaired) electrons. The van der Waals surface area contributed by atoms with Gasteiger partial charge in [-0.25, -0.2) is 8.42 Å². The Morgan fingerprint density at radius 2 is 1.82 bits per heavy atom. The average molecular weight is 258 g/mol. The van der Waals surface area contributed by atoms with E-state index in [0.717, 1.165) is 23.7 Å². The van der Waals surface area contributed by atoms with Crippen LogP contribution in [0.5, 0.6) is 0 Å². The maximum absolute atomic E-state index is 11.0. The lowest BCUT2D eigenvalue weighted by Gasteiger charge is -2.14. The molecule has 0 aromatic rings. The van der Waals surface area contributed by atoms with Gasteiger partial charge < -0.3 is 5.11 Å². The second kappa shape index (κ2) is 3.95. The zero-order chi connectivity index (χ0) is 12.2. The molecule has 0 spiro atoms. The van der Waals surface area contributed by atoms with Gasteiger partial charge in [-0.1, -0.05) is 0 Å². The summed E-state index contributed by atoms with van der Waals surface area (Å²) in [7, 11) is -2.86. The Labute approximate surface area is 104 Å². The molecule has 3 fully saturated rings. The molecular weight excluding hydrogens is 236 g/mol. The highest BCUT2D eigenvalue weighted by Gasteiger charge is 2.66. The van der Waals surface area contributed by atoms with E-state index in [4.69, 9.17) is 0 Å². The van der Waals surface area contributed by atoms with Crippen molar-refractivity contribution in [1.82, 2.24) is 0 Å². The summed E-state index contributed by atoms with van der Waals surface area (Å²) in [5.74, 6) is 4.10. The molecule has 5 unspecified atom stereocenters. The van der Waals surface area contributed by atoms with E-state index in [0.29, 0.717) is 18.8 Å². The highest BCUT2D eigenvalue weighted by Crippen LogP contribution is 2.70. The summed E-state index contributed by atoms with van der Waals surface area (Å²) in [6.07, 6.45) is 6.47. The number of aliphatic hydroxyl groups excluding tert-OH is 1. The summed E-state index contributed by atoms with van der Waals surface area (Å²) < 4.78 is 22.1. The Hall–Kier alpha value is -0.0900. The van der Waals surface area contributed by atoms with Gasteiger partial charge in [0, 0.05) is 12.0 Å². The van der Waals surface area contributed by atoms with Gasteiger partial charge in [0.2, 0.25) is 0 Å². The van der Waals surface area contributed by atoms with Gasteiger partial charge >= 0.3 is 0 Å². The molecule has 4 heteroatoms. The van der Waals surface area contributed by atoms with Crippen molar-refractivity contribution < 1.29 is 13.5 Å². The average Bonchev–Trinajstić information content (AvgIpc) is 2.66. The Morgan fingerprint density at radius 1 is 1.24 bits per heavy atom. The Kier molecular flexibility index (Phi) is 2.78. The van der Waals surface area contributed by atoms with E-state index < -0.39 is 9.84 Å². The molecular formula is C13H22O3S. The van der Waals surface area contributed by atoms with E-state index >= 15 is 0 Å². The van der Waals surface area contributed by atoms with Crippen LogP contribution in [0, 0.1) is 29.6 Å². The van der Waals surface area contributed by atoms with Crippen LogP contribution in [0.1, 0.15) is 32.1 Å². The molecule has 3 aliphatic carbocycles. The van der Waals surface area contributed by atoms with Crippen LogP contribution in [0.3, 0.4) is 0 Å². The first-order chi connectivity index (χ1) is 7.97. The largest absolute Gasteiger partial charge is 0.393 e. The monoisotopic (exact) mass is 258 g/mol. The molecule has 0 aromatic carbocycles. The predicted octanol–water partition coefficient (Wildman–Crippen LogP) is 1.46. The maximum atomic E-state index is 11.0. The van der Waals surface area contributed by atoms with Crippen molar-refractivity contribution in [3.8, 4) is 0 Å². The summed E-state index contributed by atoms with van der Waals surface area (Å²) in [4.78, 5) is 0. The number of rotatable bonds is 5. The van der Waals surface area contributed by atoms with E-state index in [1.54, 1.807) is 0 Å². The molecule has 0 aromatic heterocycles. The second-order valence-corrected chi connectivity index (χ2v) is 8.66. The SMILES string of the molecule is CS(=O)(=O)CCCC(O)C1C2C3CCC(C3)C12. The van der Waals surface area contributed by atoms with Gasteiger partial charge in [0.25, 0.3) is 0 Å². The van der Waals surface area contributed by atoms with Crippen LogP contribution in [0.25, 0.3) is 0 Å². The van der Waals surface area contributed by atoms with Crippen molar-refractivity contribution in [3.05, 3.63) is 0 Å². The normalized spacial score (nSPS) is 44.7. The van der Waals surface area contributed by atoms with Gasteiger partial charge in [0.1, 0.15) is 9.84 Å². The molecule has 2 bridgehead atoms. The third kappa shape index (κ3) is 2.14. The molecule has 0 heterocycles. The fraction of sp³-hybridized carbons (Fsp3) is 1.00. The van der Waals surface area contributed by atoms with Gasteiger partial charge in [-0.15, -0.1) is 0 Å². The molecule has 5 atom stereocenters. The Bertz CT molecular complexity index is 387. The highest BCUT2D eigenvalue weighted by atomic mass is 32.2. The molecule has 17 heavy (non-hydrogen) atoms. The standard InChI is InChI=1S/C13H22O3S/c1-17(15,16)6-2-3-10(14)13-11-8-4-5-9(7-8)12(11)13/h8-14H,2-7H2,1H3. The first-order valence-electron chi connectivity index (χ1n) is 6.83. The minimum atomic E-state index is -2.86. The number of aliphatic hydroxyl groups is 1. The smallest absolute Gasteiger partial charge is 0.147 e. The van der Waals surface area contributed by atoms with Crippen molar-refractivity contribution in [2.75, 3.05) is 12.0 Å². The molecule has 3 nitrogen and oxygen atoms in total. The zero-order valence-corrected chi connectivity index (χ0v) is 11.2. The number of sulfone groups is 1. The highest BCUT2D eigenvalue weighted by molar-refractivity contribution is 7.90. The summed E-state index contributed by atoms with van der Waals surface area (Å²) in [5, 5.41) is 10.2. The van der Waals surface area contributed by atoms with Crippen molar-refractivity contribution in [2.24, 2.45) is 29.6 Å². The van der Waals surface area contributed by atoms with Crippen molar-refractivity contribution in [1.29, 1.82) is 0 Å². The van der Waals surface area contributed by atoms with Crippen LogP contribution in [0.2, 0.25) is 0 Å². The number of fused-ring (bicyclic) bond motifs is 5. The zero-order valence-electron chi connectivity index (χ0n) is 10.4. The van der Waals surface area contributed by atoms with Gasteiger partial charge in [0.15, 0.2) is 0 Å². The van der Waals surface area contributed by atoms with E-state index in [1.807, 2.05) is 0 Å². The van der Waals surface area contributed by atoms with E-state index in [-0.39, 0.29) is 11.9 Å². The first-order valence-corrected chi connectivity index (χ1v) is 8.89. The minimum absolute atomic E-state index is 0.221. The number of hydrogen-bond acceptors (Lipinski definition) is 3. The van der Waals surface area contributed by atoms with Crippen LogP contribution in [-0.4, -0.2) is 31.6 Å². The Morgan fingerprint density at radius 3 is 2.35 bits per heavy atom. The van der Waals surface area contributed by atoms with Crippen molar-refractivity contribution >= 4 is 9.84 Å². The molecule has 3 rings (SSSR count). The van der Waals surface area contributed by atoms with Crippen molar-refractivity contribution in [2.45, 2.75) is 38.2 Å². The topological polar surface area (TPSA) is 54.4 Å². The molecule has 1 N–H and O–H groups in total. The van der Waals surface area contributed by atoms with Gasteiger partial charge in [0.05, 0.1) is 6.10 Å². The third-order valence-electron chi connectivity index (χ3n) is 5.25. The third-order valence-corrected chi connectivity index (χ3v) is 6.28. The molecule has 0 aliphatic heterocycles. The van der Waals surface area contributed by atoms with E-state index in [1.165, 1.54) is 25.5 Å². The van der Waals surface area contributed by atoms with Crippen LogP contribution in [0.15, 0.2) is 0 Å². The van der Waals surface area contributed by atoms with Crippen LogP contribution in [-0.2, 0) is 9.84 Å². The fourth-order valence-electron chi connectivity index (χ4n) is 4.65. The van der Waals surface area contributed by atoms with Crippen molar-refractivity contribution in [3.63, 3.8) is 0 Å². The fourth-order valence-corrected chi connectivity index (χ4v) is 5.35. The lowest BCUT2D eigenvalue weighted by atomic mass is 9.97. The molecule has 0 saturated heterocycles. The van der Waals surface area contributed by atoms with Gasteiger partial charge in [-0.3, -0.25) is 0 Å². The summed E-state index contributed by atoms with van der Waals surface area (Å²) in [6.45, 7) is 0. The van der Waals surface area contributed by atoms with Gasteiger partial charge in [-0.05, 0) is 61.7 Å².